The second kappa shape index (κ2) is 3.48. The molecule has 1 saturated carbocycles. The molecule has 0 aliphatic heterocycles. The van der Waals surface area contributed by atoms with Crippen LogP contribution in [0.25, 0.3) is 0 Å². The Morgan fingerprint density at radius 2 is 2.07 bits per heavy atom. The average Bonchev–Trinajstić information content (AvgIpc) is 2.86. The third-order valence-electron chi connectivity index (χ3n) is 2.46. The number of nitrogen functional groups attached to an aromatic ring is 1. The highest BCUT2D eigenvalue weighted by Crippen LogP contribution is 2.33. The summed E-state index contributed by atoms with van der Waals surface area (Å²) in [6, 6.07) is 3.40. The number of benzene rings is 1. The molecular weight excluding hydrogens is 217 g/mol. The van der Waals surface area contributed by atoms with Crippen LogP contribution in [-0.2, 0) is 9.84 Å². The maximum Gasteiger partial charge on any atom is 0.180 e. The third-order valence-corrected chi connectivity index (χ3v) is 4.41. The fourth-order valence-electron chi connectivity index (χ4n) is 1.49. The van der Waals surface area contributed by atoms with Crippen molar-refractivity contribution in [2.75, 3.05) is 11.5 Å². The largest absolute Gasteiger partial charge is 0.398 e. The topological polar surface area (TPSA) is 60.2 Å². The summed E-state index contributed by atoms with van der Waals surface area (Å²) in [5.41, 5.74) is 5.48. The Morgan fingerprint density at radius 3 is 2.60 bits per heavy atom. The maximum absolute atomic E-state index is 12.7. The van der Waals surface area contributed by atoms with E-state index >= 15 is 0 Å². The number of hydrogen-bond acceptors (Lipinski definition) is 3. The number of halogens is 1. The van der Waals surface area contributed by atoms with Crippen molar-refractivity contribution in [2.24, 2.45) is 5.92 Å². The van der Waals surface area contributed by atoms with Gasteiger partial charge in [-0.05, 0) is 37.0 Å². The second-order valence-corrected chi connectivity index (χ2v) is 5.91. The summed E-state index contributed by atoms with van der Waals surface area (Å²) in [7, 11) is -3.34. The summed E-state index contributed by atoms with van der Waals surface area (Å²) in [5.74, 6) is -0.125. The first-order chi connectivity index (χ1) is 6.99. The highest BCUT2D eigenvalue weighted by Gasteiger charge is 2.30. The Morgan fingerprint density at radius 1 is 1.40 bits per heavy atom. The lowest BCUT2D eigenvalue weighted by Gasteiger charge is -2.06. The van der Waals surface area contributed by atoms with Crippen LogP contribution < -0.4 is 5.73 Å². The van der Waals surface area contributed by atoms with Crippen LogP contribution in [0.4, 0.5) is 10.1 Å². The van der Waals surface area contributed by atoms with Crippen LogP contribution in [0.15, 0.2) is 23.1 Å². The average molecular weight is 229 g/mol. The number of hydrogen-bond donors (Lipinski definition) is 1. The molecule has 1 aromatic rings. The van der Waals surface area contributed by atoms with Crippen molar-refractivity contribution in [2.45, 2.75) is 17.7 Å². The minimum absolute atomic E-state index is 0.00403. The third kappa shape index (κ3) is 2.28. The van der Waals surface area contributed by atoms with Crippen molar-refractivity contribution in [1.29, 1.82) is 0 Å². The molecule has 1 aromatic carbocycles. The minimum Gasteiger partial charge on any atom is -0.398 e. The zero-order valence-electron chi connectivity index (χ0n) is 8.11. The first kappa shape index (κ1) is 10.4. The summed E-state index contributed by atoms with van der Waals surface area (Å²) in [6.07, 6.45) is 1.92. The van der Waals surface area contributed by atoms with Gasteiger partial charge in [0.1, 0.15) is 5.82 Å². The Labute approximate surface area is 88.0 Å². The van der Waals surface area contributed by atoms with Gasteiger partial charge in [-0.1, -0.05) is 0 Å². The van der Waals surface area contributed by atoms with Gasteiger partial charge in [0.15, 0.2) is 9.84 Å². The predicted octanol–water partition coefficient (Wildman–Crippen LogP) is 1.59. The molecule has 0 amide bonds. The van der Waals surface area contributed by atoms with E-state index in [4.69, 9.17) is 5.73 Å². The quantitative estimate of drug-likeness (QED) is 0.632. The van der Waals surface area contributed by atoms with Gasteiger partial charge in [-0.3, -0.25) is 0 Å². The molecule has 1 aliphatic rings. The lowest BCUT2D eigenvalue weighted by Crippen LogP contribution is -2.10. The molecule has 0 heterocycles. The first-order valence-corrected chi connectivity index (χ1v) is 6.42. The second-order valence-electron chi connectivity index (χ2n) is 3.91. The van der Waals surface area contributed by atoms with E-state index in [1.165, 1.54) is 6.07 Å². The van der Waals surface area contributed by atoms with E-state index in [0.717, 1.165) is 25.0 Å². The maximum atomic E-state index is 12.7. The van der Waals surface area contributed by atoms with E-state index in [-0.39, 0.29) is 22.3 Å². The Kier molecular flexibility index (Phi) is 2.42. The van der Waals surface area contributed by atoms with Crippen LogP contribution in [-0.4, -0.2) is 14.2 Å². The molecule has 0 bridgehead atoms. The molecule has 1 aliphatic carbocycles. The van der Waals surface area contributed by atoms with Gasteiger partial charge < -0.3 is 5.73 Å². The summed E-state index contributed by atoms with van der Waals surface area (Å²) in [5, 5.41) is 0. The van der Waals surface area contributed by atoms with E-state index in [0.29, 0.717) is 0 Å². The molecule has 0 saturated heterocycles. The Hall–Kier alpha value is -1.10. The highest BCUT2D eigenvalue weighted by atomic mass is 32.2. The lowest BCUT2D eigenvalue weighted by atomic mass is 10.3. The van der Waals surface area contributed by atoms with Gasteiger partial charge in [0.25, 0.3) is 0 Å². The SMILES string of the molecule is Nc1cc(F)ccc1S(=O)(=O)CC1CC1. The van der Waals surface area contributed by atoms with Crippen LogP contribution in [0, 0.1) is 11.7 Å². The minimum atomic E-state index is -3.34. The number of anilines is 1. The Bertz CT molecular complexity index is 480. The first-order valence-electron chi connectivity index (χ1n) is 4.77. The van der Waals surface area contributed by atoms with Gasteiger partial charge in [0.05, 0.1) is 16.3 Å². The molecule has 82 valence electrons. The molecule has 1 fully saturated rings. The Balaban J connectivity index is 2.34. The molecule has 0 unspecified atom stereocenters. The van der Waals surface area contributed by atoms with E-state index in [1.54, 1.807) is 0 Å². The molecule has 0 aromatic heterocycles. The molecule has 15 heavy (non-hydrogen) atoms. The van der Waals surface area contributed by atoms with Crippen molar-refractivity contribution in [3.63, 3.8) is 0 Å². The van der Waals surface area contributed by atoms with Crippen LogP contribution in [0.1, 0.15) is 12.8 Å². The van der Waals surface area contributed by atoms with Crippen molar-refractivity contribution in [3.05, 3.63) is 24.0 Å². The molecule has 2 N–H and O–H groups in total. The number of sulfone groups is 1. The lowest BCUT2D eigenvalue weighted by molar-refractivity contribution is 0.591. The standard InChI is InChI=1S/C10H12FNO2S/c11-8-3-4-10(9(12)5-8)15(13,14)6-7-1-2-7/h3-5,7H,1-2,6,12H2. The van der Waals surface area contributed by atoms with Crippen molar-refractivity contribution in [3.8, 4) is 0 Å². The van der Waals surface area contributed by atoms with Crippen LogP contribution in [0.2, 0.25) is 0 Å². The van der Waals surface area contributed by atoms with Crippen molar-refractivity contribution >= 4 is 15.5 Å². The number of nitrogens with two attached hydrogens (primary N) is 1. The van der Waals surface area contributed by atoms with E-state index in [1.807, 2.05) is 0 Å². The number of rotatable bonds is 3. The molecule has 0 radical (unpaired) electrons. The predicted molar refractivity (Wildman–Crippen MR) is 55.6 cm³/mol. The van der Waals surface area contributed by atoms with Gasteiger partial charge >= 0.3 is 0 Å². The molecule has 0 spiro atoms. The molecule has 3 nitrogen and oxygen atoms in total. The van der Waals surface area contributed by atoms with Crippen LogP contribution >= 0.6 is 0 Å². The summed E-state index contributed by atoms with van der Waals surface area (Å²) >= 11 is 0. The zero-order chi connectivity index (χ0) is 11.1. The van der Waals surface area contributed by atoms with Crippen molar-refractivity contribution < 1.29 is 12.8 Å². The highest BCUT2D eigenvalue weighted by molar-refractivity contribution is 7.91. The molecule has 0 atom stereocenters. The van der Waals surface area contributed by atoms with Gasteiger partial charge in [-0.15, -0.1) is 0 Å². The summed E-state index contributed by atoms with van der Waals surface area (Å²) in [4.78, 5) is 0.0517. The van der Waals surface area contributed by atoms with E-state index in [2.05, 4.69) is 0 Å². The van der Waals surface area contributed by atoms with Gasteiger partial charge in [-0.2, -0.15) is 0 Å². The fourth-order valence-corrected chi connectivity index (χ4v) is 3.31. The van der Waals surface area contributed by atoms with E-state index in [9.17, 15) is 12.8 Å². The molecule has 5 heteroatoms. The zero-order valence-corrected chi connectivity index (χ0v) is 8.93. The van der Waals surface area contributed by atoms with Crippen molar-refractivity contribution in [1.82, 2.24) is 0 Å². The molecule has 2 rings (SSSR count). The van der Waals surface area contributed by atoms with Gasteiger partial charge in [-0.25, -0.2) is 12.8 Å². The molecular formula is C10H12FNO2S. The normalized spacial score (nSPS) is 16.6. The summed E-state index contributed by atoms with van der Waals surface area (Å²) in [6.45, 7) is 0. The van der Waals surface area contributed by atoms with Gasteiger partial charge in [0, 0.05) is 0 Å². The van der Waals surface area contributed by atoms with Crippen LogP contribution in [0.5, 0.6) is 0 Å². The monoisotopic (exact) mass is 229 g/mol. The van der Waals surface area contributed by atoms with Crippen LogP contribution in [0.3, 0.4) is 0 Å². The fraction of sp³-hybridized carbons (Fsp3) is 0.400. The van der Waals surface area contributed by atoms with Gasteiger partial charge in [0.2, 0.25) is 0 Å². The summed E-state index contributed by atoms with van der Waals surface area (Å²) < 4.78 is 36.4. The van der Waals surface area contributed by atoms with E-state index < -0.39 is 15.7 Å². The smallest absolute Gasteiger partial charge is 0.180 e.